The maximum atomic E-state index is 13.0. The predicted molar refractivity (Wildman–Crippen MR) is 151 cm³/mol. The normalized spacial score (nSPS) is 20.3. The van der Waals surface area contributed by atoms with E-state index in [0.29, 0.717) is 25.1 Å². The molecule has 0 aromatic heterocycles. The van der Waals surface area contributed by atoms with Gasteiger partial charge in [0.25, 0.3) is 5.91 Å². The van der Waals surface area contributed by atoms with Crippen molar-refractivity contribution in [3.63, 3.8) is 0 Å². The van der Waals surface area contributed by atoms with Crippen molar-refractivity contribution >= 4 is 23.4 Å². The molecule has 39 heavy (non-hydrogen) atoms. The largest absolute Gasteiger partial charge is 0.492 e. The molecule has 0 bridgehead atoms. The number of nitrogens with zero attached hydrogens (tertiary/aromatic N) is 3. The Morgan fingerprint density at radius 3 is 2.49 bits per heavy atom. The molecule has 2 aromatic rings. The number of ether oxygens (including phenoxy) is 1. The van der Waals surface area contributed by atoms with Crippen LogP contribution in [-0.4, -0.2) is 65.8 Å². The quantitative estimate of drug-likeness (QED) is 0.464. The average Bonchev–Trinajstić information content (AvgIpc) is 3.28. The van der Waals surface area contributed by atoms with Gasteiger partial charge in [0.05, 0.1) is 0 Å². The molecule has 0 saturated carbocycles. The van der Waals surface area contributed by atoms with Crippen LogP contribution in [-0.2, 0) is 22.7 Å². The molecule has 0 radical (unpaired) electrons. The number of fused-ring (bicyclic) bond motifs is 1. The highest BCUT2D eigenvalue weighted by Gasteiger charge is 2.39. The van der Waals surface area contributed by atoms with E-state index >= 15 is 0 Å². The van der Waals surface area contributed by atoms with E-state index < -0.39 is 11.9 Å². The number of anilines is 1. The van der Waals surface area contributed by atoms with Gasteiger partial charge in [0.15, 0.2) is 0 Å². The van der Waals surface area contributed by atoms with Gasteiger partial charge in [0.1, 0.15) is 18.4 Å². The minimum Gasteiger partial charge on any atom is -0.492 e. The summed E-state index contributed by atoms with van der Waals surface area (Å²) >= 11 is 0. The lowest BCUT2D eigenvalue weighted by atomic mass is 10.0. The second-order valence-electron chi connectivity index (χ2n) is 10.9. The first-order valence-electron chi connectivity index (χ1n) is 14.4. The van der Waals surface area contributed by atoms with Gasteiger partial charge in [0, 0.05) is 49.9 Å². The molecule has 5 rings (SSSR count). The number of likely N-dealkylation sites (N-methyl/N-ethyl adjacent to an activating group) is 1. The number of hydrogen-bond donors (Lipinski definition) is 1. The van der Waals surface area contributed by atoms with Crippen LogP contribution in [0.1, 0.15) is 73.9 Å². The van der Waals surface area contributed by atoms with E-state index in [1.807, 2.05) is 12.1 Å². The number of rotatable bonds is 10. The van der Waals surface area contributed by atoms with E-state index in [1.165, 1.54) is 30.5 Å². The number of carbonyl (C=O) groups excluding carboxylic acids is 3. The van der Waals surface area contributed by atoms with Crippen LogP contribution in [0.15, 0.2) is 42.5 Å². The highest BCUT2D eigenvalue weighted by atomic mass is 16.5. The Morgan fingerprint density at radius 1 is 1.03 bits per heavy atom. The molecule has 2 unspecified atom stereocenters. The van der Waals surface area contributed by atoms with E-state index in [4.69, 9.17) is 4.74 Å². The number of carbonyl (C=O) groups is 3. The maximum Gasteiger partial charge on any atom is 0.255 e. The first kappa shape index (κ1) is 27.2. The summed E-state index contributed by atoms with van der Waals surface area (Å²) in [5.41, 5.74) is 4.09. The van der Waals surface area contributed by atoms with Crippen LogP contribution in [0.3, 0.4) is 0 Å². The minimum absolute atomic E-state index is 0.166. The molecule has 2 atom stereocenters. The van der Waals surface area contributed by atoms with Gasteiger partial charge in [-0.3, -0.25) is 24.6 Å². The number of imide groups is 1. The molecule has 3 heterocycles. The number of nitrogens with one attached hydrogen (secondary N) is 1. The highest BCUT2D eigenvalue weighted by Crippen LogP contribution is 2.30. The standard InChI is InChI=1S/C31H40N4O4/c1-3-24(33(4-2)19-22-8-10-25(11-9-22)34-16-6-5-7-17-34)21-39-26-12-13-27-23(18-26)20-35(31(27)38)28-14-15-29(36)32-30(28)37/h8-13,18,24,28H,3-7,14-17,19-21H2,1-2H3,(H,32,36,37). The summed E-state index contributed by atoms with van der Waals surface area (Å²) < 4.78 is 6.25. The Bertz CT molecular complexity index is 1190. The fourth-order valence-corrected chi connectivity index (χ4v) is 6.01. The number of benzene rings is 2. The van der Waals surface area contributed by atoms with Crippen LogP contribution >= 0.6 is 0 Å². The summed E-state index contributed by atoms with van der Waals surface area (Å²) in [7, 11) is 0. The van der Waals surface area contributed by atoms with Crippen LogP contribution in [0.4, 0.5) is 5.69 Å². The Balaban J connectivity index is 1.18. The van der Waals surface area contributed by atoms with E-state index in [1.54, 1.807) is 11.0 Å². The number of piperidine rings is 2. The van der Waals surface area contributed by atoms with Gasteiger partial charge in [-0.05, 0) is 80.1 Å². The second kappa shape index (κ2) is 12.2. The summed E-state index contributed by atoms with van der Waals surface area (Å²) in [6.45, 7) is 9.39. The van der Waals surface area contributed by atoms with Gasteiger partial charge < -0.3 is 14.5 Å². The Hall–Kier alpha value is -3.39. The maximum absolute atomic E-state index is 13.0. The zero-order chi connectivity index (χ0) is 27.4. The Kier molecular flexibility index (Phi) is 8.50. The Labute approximate surface area is 231 Å². The van der Waals surface area contributed by atoms with Crippen molar-refractivity contribution in [1.82, 2.24) is 15.1 Å². The topological polar surface area (TPSA) is 82.2 Å². The fourth-order valence-electron chi connectivity index (χ4n) is 6.01. The molecule has 208 valence electrons. The van der Waals surface area contributed by atoms with Gasteiger partial charge in [-0.1, -0.05) is 26.0 Å². The third-order valence-corrected chi connectivity index (χ3v) is 8.37. The summed E-state index contributed by atoms with van der Waals surface area (Å²) in [6.07, 6.45) is 5.47. The third kappa shape index (κ3) is 6.11. The number of amides is 3. The molecule has 0 aliphatic carbocycles. The predicted octanol–water partition coefficient (Wildman–Crippen LogP) is 4.12. The fraction of sp³-hybridized carbons (Fsp3) is 0.516. The lowest BCUT2D eigenvalue weighted by molar-refractivity contribution is -0.136. The van der Waals surface area contributed by atoms with E-state index in [9.17, 15) is 14.4 Å². The lowest BCUT2D eigenvalue weighted by Crippen LogP contribution is -2.52. The van der Waals surface area contributed by atoms with Crippen LogP contribution in [0.5, 0.6) is 5.75 Å². The molecule has 1 N–H and O–H groups in total. The molecule has 8 heteroatoms. The minimum atomic E-state index is -0.608. The number of hydrogen-bond acceptors (Lipinski definition) is 6. The van der Waals surface area contributed by atoms with E-state index in [-0.39, 0.29) is 24.3 Å². The molecule has 3 amide bonds. The van der Waals surface area contributed by atoms with Crippen molar-refractivity contribution < 1.29 is 19.1 Å². The van der Waals surface area contributed by atoms with Crippen molar-refractivity contribution in [2.75, 3.05) is 31.1 Å². The van der Waals surface area contributed by atoms with Crippen LogP contribution in [0, 0.1) is 0 Å². The van der Waals surface area contributed by atoms with Gasteiger partial charge in [-0.2, -0.15) is 0 Å². The lowest BCUT2D eigenvalue weighted by Gasteiger charge is -2.31. The molecular weight excluding hydrogens is 492 g/mol. The summed E-state index contributed by atoms with van der Waals surface area (Å²) in [5, 5.41) is 2.35. The molecule has 2 aromatic carbocycles. The SMILES string of the molecule is CCC(COc1ccc2c(c1)CN(C1CCC(=O)NC1=O)C2=O)N(CC)Cc1ccc(N2CCCCC2)cc1. The zero-order valence-corrected chi connectivity index (χ0v) is 23.2. The third-order valence-electron chi connectivity index (χ3n) is 8.37. The zero-order valence-electron chi connectivity index (χ0n) is 23.2. The highest BCUT2D eigenvalue weighted by molar-refractivity contribution is 6.05. The molecule has 2 saturated heterocycles. The van der Waals surface area contributed by atoms with Crippen LogP contribution in [0.25, 0.3) is 0 Å². The first-order valence-corrected chi connectivity index (χ1v) is 14.4. The van der Waals surface area contributed by atoms with Gasteiger partial charge in [0.2, 0.25) is 11.8 Å². The smallest absolute Gasteiger partial charge is 0.255 e. The van der Waals surface area contributed by atoms with Gasteiger partial charge >= 0.3 is 0 Å². The summed E-state index contributed by atoms with van der Waals surface area (Å²) in [5.74, 6) is -0.111. The van der Waals surface area contributed by atoms with Crippen molar-refractivity contribution in [2.45, 2.75) is 77.5 Å². The van der Waals surface area contributed by atoms with Gasteiger partial charge in [-0.15, -0.1) is 0 Å². The molecular formula is C31H40N4O4. The van der Waals surface area contributed by atoms with Crippen molar-refractivity contribution in [2.24, 2.45) is 0 Å². The van der Waals surface area contributed by atoms with E-state index in [0.717, 1.165) is 43.9 Å². The van der Waals surface area contributed by atoms with Gasteiger partial charge in [-0.25, -0.2) is 0 Å². The first-order chi connectivity index (χ1) is 19.0. The molecule has 8 nitrogen and oxygen atoms in total. The molecule has 0 spiro atoms. The van der Waals surface area contributed by atoms with Crippen LogP contribution in [0.2, 0.25) is 0 Å². The molecule has 3 aliphatic heterocycles. The molecule has 3 aliphatic rings. The summed E-state index contributed by atoms with van der Waals surface area (Å²) in [6, 6.07) is 14.2. The van der Waals surface area contributed by atoms with Crippen LogP contribution < -0.4 is 15.0 Å². The molecule has 2 fully saturated rings. The second-order valence-corrected chi connectivity index (χ2v) is 10.9. The van der Waals surface area contributed by atoms with Crippen molar-refractivity contribution in [1.29, 1.82) is 0 Å². The van der Waals surface area contributed by atoms with Crippen molar-refractivity contribution in [3.8, 4) is 5.75 Å². The summed E-state index contributed by atoms with van der Waals surface area (Å²) in [4.78, 5) is 43.3. The average molecular weight is 533 g/mol. The van der Waals surface area contributed by atoms with E-state index in [2.05, 4.69) is 53.2 Å². The monoisotopic (exact) mass is 532 g/mol. The van der Waals surface area contributed by atoms with Crippen molar-refractivity contribution in [3.05, 3.63) is 59.2 Å². The Morgan fingerprint density at radius 2 is 1.79 bits per heavy atom.